The molecule has 3 amide bonds. The average molecular weight is 371 g/mol. The summed E-state index contributed by atoms with van der Waals surface area (Å²) >= 11 is 0. The molecule has 2 fully saturated rings. The second-order valence-corrected chi connectivity index (χ2v) is 7.42. The maximum Gasteiger partial charge on any atom is 0.321 e. The van der Waals surface area contributed by atoms with Gasteiger partial charge in [0.25, 0.3) is 5.91 Å². The second-order valence-electron chi connectivity index (χ2n) is 7.42. The quantitative estimate of drug-likeness (QED) is 0.800. The lowest BCUT2D eigenvalue weighted by Gasteiger charge is -2.28. The number of imide groups is 1. The van der Waals surface area contributed by atoms with Gasteiger partial charge in [0.05, 0.1) is 18.7 Å². The van der Waals surface area contributed by atoms with Crippen molar-refractivity contribution in [1.82, 2.24) is 10.6 Å². The Morgan fingerprint density at radius 1 is 1.30 bits per heavy atom. The van der Waals surface area contributed by atoms with Gasteiger partial charge in [0.2, 0.25) is 0 Å². The van der Waals surface area contributed by atoms with Gasteiger partial charge in [-0.1, -0.05) is 6.42 Å². The number of benzene rings is 1. The van der Waals surface area contributed by atoms with E-state index in [-0.39, 0.29) is 12.6 Å². The summed E-state index contributed by atoms with van der Waals surface area (Å²) in [6.45, 7) is 1.69. The Labute approximate surface area is 159 Å². The van der Waals surface area contributed by atoms with Crippen LogP contribution in [0.5, 0.6) is 11.5 Å². The molecule has 2 aliphatic rings. The summed E-state index contributed by atoms with van der Waals surface area (Å²) < 4.78 is 10.6. The fourth-order valence-electron chi connectivity index (χ4n) is 4.42. The van der Waals surface area contributed by atoms with Crippen LogP contribution in [0.2, 0.25) is 0 Å². The van der Waals surface area contributed by atoms with E-state index in [0.717, 1.165) is 5.92 Å². The van der Waals surface area contributed by atoms with Crippen molar-refractivity contribution in [2.45, 2.75) is 38.6 Å². The minimum atomic E-state index is -0.543. The van der Waals surface area contributed by atoms with Crippen LogP contribution in [0, 0.1) is 29.1 Å². The molecule has 4 atom stereocenters. The standard InChI is InChI=1S/C20H25N3O4/c1-12(16-8-13-3-5-15(16)7-13)22-20(25)23-19(24)11-27-17-6-4-14(10-21)9-18(17)26-2/h4,6,9,12-13,15-16H,3,5,7-8,11H2,1-2H3,(H2,22,23,24,25). The lowest BCUT2D eigenvalue weighted by molar-refractivity contribution is -0.122. The molecule has 7 heteroatoms. The van der Waals surface area contributed by atoms with Gasteiger partial charge in [0.1, 0.15) is 0 Å². The van der Waals surface area contributed by atoms with Crippen molar-refractivity contribution < 1.29 is 19.1 Å². The van der Waals surface area contributed by atoms with Gasteiger partial charge in [-0.15, -0.1) is 0 Å². The van der Waals surface area contributed by atoms with Gasteiger partial charge < -0.3 is 14.8 Å². The maximum atomic E-state index is 12.1. The van der Waals surface area contributed by atoms with E-state index in [1.165, 1.54) is 38.9 Å². The highest BCUT2D eigenvalue weighted by atomic mass is 16.5. The number of carbonyl (C=O) groups excluding carboxylic acids is 2. The summed E-state index contributed by atoms with van der Waals surface area (Å²) in [6, 6.07) is 6.21. The zero-order valence-electron chi connectivity index (χ0n) is 15.7. The highest BCUT2D eigenvalue weighted by molar-refractivity contribution is 5.95. The lowest BCUT2D eigenvalue weighted by Crippen LogP contribution is -2.48. The zero-order chi connectivity index (χ0) is 19.4. The molecule has 2 saturated carbocycles. The molecular weight excluding hydrogens is 346 g/mol. The fourth-order valence-corrected chi connectivity index (χ4v) is 4.42. The molecule has 1 aromatic carbocycles. The third-order valence-electron chi connectivity index (χ3n) is 5.70. The molecule has 0 radical (unpaired) electrons. The third kappa shape index (κ3) is 4.51. The molecule has 0 heterocycles. The van der Waals surface area contributed by atoms with Crippen molar-refractivity contribution in [2.24, 2.45) is 17.8 Å². The number of carbonyl (C=O) groups is 2. The van der Waals surface area contributed by atoms with Crippen molar-refractivity contribution in [3.8, 4) is 17.6 Å². The van der Waals surface area contributed by atoms with Crippen molar-refractivity contribution in [3.05, 3.63) is 23.8 Å². The summed E-state index contributed by atoms with van der Waals surface area (Å²) in [5.74, 6) is 2.17. The minimum absolute atomic E-state index is 0.0487. The Morgan fingerprint density at radius 2 is 2.11 bits per heavy atom. The Hall–Kier alpha value is -2.75. The van der Waals surface area contributed by atoms with Crippen LogP contribution in [0.1, 0.15) is 38.2 Å². The predicted molar refractivity (Wildman–Crippen MR) is 98.3 cm³/mol. The van der Waals surface area contributed by atoms with Crippen LogP contribution in [-0.2, 0) is 4.79 Å². The molecule has 0 saturated heterocycles. The molecule has 2 aliphatic carbocycles. The molecule has 0 aromatic heterocycles. The molecule has 3 rings (SSSR count). The average Bonchev–Trinajstić information content (AvgIpc) is 3.29. The van der Waals surface area contributed by atoms with E-state index >= 15 is 0 Å². The first-order chi connectivity index (χ1) is 13.0. The number of nitrogens with zero attached hydrogens (tertiary/aromatic N) is 1. The molecule has 0 spiro atoms. The van der Waals surface area contributed by atoms with Gasteiger partial charge in [-0.3, -0.25) is 10.1 Å². The summed E-state index contributed by atoms with van der Waals surface area (Å²) in [5, 5.41) is 14.1. The van der Waals surface area contributed by atoms with Crippen LogP contribution in [0.3, 0.4) is 0 Å². The van der Waals surface area contributed by atoms with E-state index < -0.39 is 11.9 Å². The number of rotatable bonds is 6. The van der Waals surface area contributed by atoms with Crippen molar-refractivity contribution in [3.63, 3.8) is 0 Å². The SMILES string of the molecule is COc1cc(C#N)ccc1OCC(=O)NC(=O)NC(C)C1CC2CCC1C2. The van der Waals surface area contributed by atoms with Crippen molar-refractivity contribution in [2.75, 3.05) is 13.7 Å². The Bertz CT molecular complexity index is 758. The van der Waals surface area contributed by atoms with Crippen molar-refractivity contribution in [1.29, 1.82) is 5.26 Å². The minimum Gasteiger partial charge on any atom is -0.493 e. The number of methoxy groups -OCH3 is 1. The molecular formula is C20H25N3O4. The Kier molecular flexibility index (Phi) is 5.84. The molecule has 27 heavy (non-hydrogen) atoms. The van der Waals surface area contributed by atoms with Crippen LogP contribution in [0.4, 0.5) is 4.79 Å². The van der Waals surface area contributed by atoms with E-state index in [2.05, 4.69) is 10.6 Å². The second kappa shape index (κ2) is 8.30. The number of urea groups is 1. The number of nitrogens with one attached hydrogen (secondary N) is 2. The van der Waals surface area contributed by atoms with Crippen molar-refractivity contribution >= 4 is 11.9 Å². The summed E-state index contributed by atoms with van der Waals surface area (Å²) in [5.41, 5.74) is 0.428. The van der Waals surface area contributed by atoms with E-state index in [1.54, 1.807) is 12.1 Å². The Balaban J connectivity index is 1.45. The lowest BCUT2D eigenvalue weighted by atomic mass is 9.84. The monoisotopic (exact) mass is 371 g/mol. The fraction of sp³-hybridized carbons (Fsp3) is 0.550. The third-order valence-corrected chi connectivity index (χ3v) is 5.70. The van der Waals surface area contributed by atoms with E-state index in [1.807, 2.05) is 13.0 Å². The number of fused-ring (bicyclic) bond motifs is 2. The number of hydrogen-bond donors (Lipinski definition) is 2. The maximum absolute atomic E-state index is 12.1. The van der Waals surface area contributed by atoms with Crippen LogP contribution in [-0.4, -0.2) is 31.7 Å². The number of ether oxygens (including phenoxy) is 2. The number of nitriles is 1. The van der Waals surface area contributed by atoms with Gasteiger partial charge in [-0.2, -0.15) is 5.26 Å². The number of amides is 3. The first-order valence-electron chi connectivity index (χ1n) is 9.31. The molecule has 2 N–H and O–H groups in total. The topological polar surface area (TPSA) is 100 Å². The van der Waals surface area contributed by atoms with Crippen LogP contribution in [0.15, 0.2) is 18.2 Å². The van der Waals surface area contributed by atoms with Gasteiger partial charge >= 0.3 is 6.03 Å². The predicted octanol–water partition coefficient (Wildman–Crippen LogP) is 2.60. The van der Waals surface area contributed by atoms with Crippen LogP contribution in [0.25, 0.3) is 0 Å². The van der Waals surface area contributed by atoms with Crippen LogP contribution < -0.4 is 20.1 Å². The van der Waals surface area contributed by atoms with Crippen LogP contribution >= 0.6 is 0 Å². The first kappa shape index (κ1) is 19.0. The molecule has 0 aliphatic heterocycles. The molecule has 4 unspecified atom stereocenters. The summed E-state index contributed by atoms with van der Waals surface area (Å²) in [7, 11) is 1.45. The van der Waals surface area contributed by atoms with Gasteiger partial charge in [0, 0.05) is 12.1 Å². The highest BCUT2D eigenvalue weighted by Gasteiger charge is 2.42. The largest absolute Gasteiger partial charge is 0.493 e. The Morgan fingerprint density at radius 3 is 2.74 bits per heavy atom. The normalized spacial score (nSPS) is 24.0. The summed E-state index contributed by atoms with van der Waals surface area (Å²) in [4.78, 5) is 24.1. The first-order valence-corrected chi connectivity index (χ1v) is 9.31. The smallest absolute Gasteiger partial charge is 0.321 e. The van der Waals surface area contributed by atoms with Gasteiger partial charge in [-0.25, -0.2) is 4.79 Å². The zero-order valence-corrected chi connectivity index (χ0v) is 15.7. The molecule has 144 valence electrons. The molecule has 1 aromatic rings. The van der Waals surface area contributed by atoms with Gasteiger partial charge in [-0.05, 0) is 56.1 Å². The van der Waals surface area contributed by atoms with E-state index in [0.29, 0.717) is 28.9 Å². The van der Waals surface area contributed by atoms with Gasteiger partial charge in [0.15, 0.2) is 18.1 Å². The van der Waals surface area contributed by atoms with E-state index in [4.69, 9.17) is 14.7 Å². The molecule has 7 nitrogen and oxygen atoms in total. The highest BCUT2D eigenvalue weighted by Crippen LogP contribution is 2.49. The molecule has 2 bridgehead atoms. The number of hydrogen-bond acceptors (Lipinski definition) is 5. The van der Waals surface area contributed by atoms with E-state index in [9.17, 15) is 9.59 Å². The summed E-state index contributed by atoms with van der Waals surface area (Å²) in [6.07, 6.45) is 5.01.